The van der Waals surface area contributed by atoms with Crippen molar-refractivity contribution < 1.29 is 17.6 Å². The maximum Gasteiger partial charge on any atom is 0.240 e. The Morgan fingerprint density at radius 3 is 2.39 bits per heavy atom. The van der Waals surface area contributed by atoms with E-state index in [2.05, 4.69) is 15.1 Å². The van der Waals surface area contributed by atoms with Crippen LogP contribution in [0, 0.1) is 33.5 Å². The first kappa shape index (κ1) is 22.6. The number of hydrogen-bond donors (Lipinski definition) is 2. The van der Waals surface area contributed by atoms with Crippen LogP contribution >= 0.6 is 0 Å². The molecular weight excluding hydrogens is 419 g/mol. The van der Waals surface area contributed by atoms with E-state index in [0.717, 1.165) is 22.5 Å². The molecule has 1 heterocycles. The lowest BCUT2D eigenvalue weighted by molar-refractivity contribution is -0.116. The number of carbonyl (C=O) groups excluding carboxylic acids is 1. The zero-order valence-corrected chi connectivity index (χ0v) is 18.7. The summed E-state index contributed by atoms with van der Waals surface area (Å²) in [6, 6.07) is 11.0. The predicted octanol–water partition coefficient (Wildman–Crippen LogP) is 3.55. The van der Waals surface area contributed by atoms with Crippen LogP contribution in [0.25, 0.3) is 5.69 Å². The van der Waals surface area contributed by atoms with Crippen LogP contribution in [0.5, 0.6) is 0 Å². The van der Waals surface area contributed by atoms with E-state index in [0.29, 0.717) is 0 Å². The second-order valence-electron chi connectivity index (χ2n) is 7.45. The number of carbonyl (C=O) groups is 1. The van der Waals surface area contributed by atoms with Crippen molar-refractivity contribution in [2.45, 2.75) is 39.0 Å². The van der Waals surface area contributed by atoms with Crippen molar-refractivity contribution >= 4 is 21.6 Å². The molecule has 0 radical (unpaired) electrons. The van der Waals surface area contributed by atoms with Crippen molar-refractivity contribution in [1.82, 2.24) is 14.5 Å². The second kappa shape index (κ2) is 8.99. The molecule has 0 unspecified atom stereocenters. The lowest BCUT2D eigenvalue weighted by Crippen LogP contribution is -2.28. The molecule has 3 aromatic rings. The van der Waals surface area contributed by atoms with Gasteiger partial charge >= 0.3 is 0 Å². The van der Waals surface area contributed by atoms with E-state index < -0.39 is 21.7 Å². The Kier molecular flexibility index (Phi) is 6.56. The van der Waals surface area contributed by atoms with E-state index >= 15 is 0 Å². The number of amides is 1. The Morgan fingerprint density at radius 1 is 1.03 bits per heavy atom. The molecule has 0 aliphatic heterocycles. The molecule has 164 valence electrons. The lowest BCUT2D eigenvalue weighted by atomic mass is 10.1. The van der Waals surface area contributed by atoms with Gasteiger partial charge in [0.2, 0.25) is 15.9 Å². The van der Waals surface area contributed by atoms with E-state index in [4.69, 9.17) is 0 Å². The highest BCUT2D eigenvalue weighted by molar-refractivity contribution is 7.89. The Hall–Kier alpha value is -3.04. The molecule has 2 N–H and O–H groups in total. The fourth-order valence-corrected chi connectivity index (χ4v) is 4.23. The molecule has 1 amide bonds. The number of aromatic nitrogens is 2. The number of hydrogen-bond acceptors (Lipinski definition) is 4. The Morgan fingerprint density at radius 2 is 1.77 bits per heavy atom. The van der Waals surface area contributed by atoms with Crippen molar-refractivity contribution in [2.75, 3.05) is 11.9 Å². The summed E-state index contributed by atoms with van der Waals surface area (Å²) in [4.78, 5) is 12.3. The molecule has 0 saturated carbocycles. The van der Waals surface area contributed by atoms with E-state index in [9.17, 15) is 17.6 Å². The van der Waals surface area contributed by atoms with Gasteiger partial charge in [0.05, 0.1) is 10.6 Å². The fraction of sp³-hybridized carbons (Fsp3) is 0.273. The molecule has 3 rings (SSSR count). The van der Waals surface area contributed by atoms with Gasteiger partial charge in [0.25, 0.3) is 0 Å². The minimum atomic E-state index is -3.71. The van der Waals surface area contributed by atoms with Gasteiger partial charge in [-0.1, -0.05) is 6.07 Å². The first-order chi connectivity index (χ1) is 14.6. The van der Waals surface area contributed by atoms with Gasteiger partial charge in [0.15, 0.2) is 5.82 Å². The first-order valence-corrected chi connectivity index (χ1v) is 11.2. The third kappa shape index (κ3) is 5.36. The summed E-state index contributed by atoms with van der Waals surface area (Å²) < 4.78 is 43.2. The largest absolute Gasteiger partial charge is 0.326 e. The number of benzene rings is 2. The summed E-state index contributed by atoms with van der Waals surface area (Å²) in [5.74, 6) is -0.958. The van der Waals surface area contributed by atoms with Gasteiger partial charge in [-0.15, -0.1) is 0 Å². The first-order valence-electron chi connectivity index (χ1n) is 9.77. The molecule has 7 nitrogen and oxygen atoms in total. The van der Waals surface area contributed by atoms with Gasteiger partial charge < -0.3 is 5.32 Å². The molecule has 1 aromatic heterocycles. The van der Waals surface area contributed by atoms with Crippen LogP contribution in [-0.2, 0) is 14.8 Å². The van der Waals surface area contributed by atoms with Gasteiger partial charge in [-0.25, -0.2) is 22.2 Å². The van der Waals surface area contributed by atoms with Gasteiger partial charge in [-0.05, 0) is 75.2 Å². The third-order valence-corrected chi connectivity index (χ3v) is 6.36. The summed E-state index contributed by atoms with van der Waals surface area (Å²) in [7, 11) is -3.71. The molecule has 0 aliphatic rings. The van der Waals surface area contributed by atoms with Crippen LogP contribution in [0.3, 0.4) is 0 Å². The topological polar surface area (TPSA) is 93.1 Å². The highest BCUT2D eigenvalue weighted by atomic mass is 32.2. The van der Waals surface area contributed by atoms with Gasteiger partial charge in [0, 0.05) is 24.3 Å². The second-order valence-corrected chi connectivity index (χ2v) is 9.21. The molecule has 0 bridgehead atoms. The van der Waals surface area contributed by atoms with Crippen LogP contribution in [-0.4, -0.2) is 30.7 Å². The van der Waals surface area contributed by atoms with E-state index in [1.54, 1.807) is 18.2 Å². The summed E-state index contributed by atoms with van der Waals surface area (Å²) in [6.45, 7) is 7.31. The molecule has 0 spiro atoms. The zero-order valence-electron chi connectivity index (χ0n) is 17.9. The summed E-state index contributed by atoms with van der Waals surface area (Å²) in [5, 5.41) is 6.84. The van der Waals surface area contributed by atoms with Crippen molar-refractivity contribution in [3.8, 4) is 5.69 Å². The van der Waals surface area contributed by atoms with Gasteiger partial charge in [0.1, 0.15) is 5.69 Å². The molecular formula is C22H25FN4O3S. The number of aryl methyl sites for hydroxylation is 4. The Bertz CT molecular complexity index is 1240. The van der Waals surface area contributed by atoms with Crippen molar-refractivity contribution in [3.63, 3.8) is 0 Å². The molecule has 9 heteroatoms. The van der Waals surface area contributed by atoms with E-state index in [1.807, 2.05) is 33.8 Å². The van der Waals surface area contributed by atoms with Crippen LogP contribution in [0.4, 0.5) is 10.1 Å². The Labute approximate surface area is 181 Å². The number of nitrogens with zero attached hydrogens (tertiary/aromatic N) is 2. The lowest BCUT2D eigenvalue weighted by Gasteiger charge is -2.10. The minimum absolute atomic E-state index is 0.0760. The van der Waals surface area contributed by atoms with Crippen LogP contribution in [0.1, 0.15) is 28.9 Å². The number of rotatable bonds is 7. The van der Waals surface area contributed by atoms with E-state index in [1.165, 1.54) is 22.9 Å². The molecule has 0 atom stereocenters. The number of anilines is 1. The average molecular weight is 445 g/mol. The third-order valence-electron chi connectivity index (χ3n) is 4.90. The fourth-order valence-electron chi connectivity index (χ4n) is 3.12. The summed E-state index contributed by atoms with van der Waals surface area (Å²) in [5.41, 5.74) is 4.00. The SMILES string of the molecule is Cc1cc(C)n(-c2ccc(NC(=O)CCNS(=O)(=O)c3ccc(C)c(C)c3)cc2F)n1. The molecule has 2 aromatic carbocycles. The summed E-state index contributed by atoms with van der Waals surface area (Å²) in [6.07, 6.45) is -0.0924. The average Bonchev–Trinajstić information content (AvgIpc) is 3.01. The van der Waals surface area contributed by atoms with Crippen molar-refractivity contribution in [1.29, 1.82) is 0 Å². The molecule has 0 fully saturated rings. The van der Waals surface area contributed by atoms with Gasteiger partial charge in [-0.3, -0.25) is 4.79 Å². The molecule has 0 aliphatic carbocycles. The quantitative estimate of drug-likeness (QED) is 0.583. The number of sulfonamides is 1. The molecule has 0 saturated heterocycles. The van der Waals surface area contributed by atoms with Crippen LogP contribution in [0.15, 0.2) is 47.4 Å². The highest BCUT2D eigenvalue weighted by Crippen LogP contribution is 2.20. The number of halogens is 1. The monoisotopic (exact) mass is 444 g/mol. The van der Waals surface area contributed by atoms with E-state index in [-0.39, 0.29) is 29.2 Å². The maximum atomic E-state index is 14.5. The summed E-state index contributed by atoms with van der Waals surface area (Å²) >= 11 is 0. The van der Waals surface area contributed by atoms with Gasteiger partial charge in [-0.2, -0.15) is 5.10 Å². The number of nitrogens with one attached hydrogen (secondary N) is 2. The van der Waals surface area contributed by atoms with Crippen molar-refractivity contribution in [3.05, 3.63) is 70.8 Å². The van der Waals surface area contributed by atoms with Crippen LogP contribution < -0.4 is 10.0 Å². The maximum absolute atomic E-state index is 14.5. The highest BCUT2D eigenvalue weighted by Gasteiger charge is 2.15. The minimum Gasteiger partial charge on any atom is -0.326 e. The standard InChI is InChI=1S/C22H25FN4O3S/c1-14-5-7-19(11-15(14)2)31(29,30)24-10-9-22(28)25-18-6-8-21(20(23)13-18)27-17(4)12-16(3)26-27/h5-8,11-13,24H,9-10H2,1-4H3,(H,25,28). The van der Waals surface area contributed by atoms with Crippen LogP contribution in [0.2, 0.25) is 0 Å². The zero-order chi connectivity index (χ0) is 22.8. The molecule has 31 heavy (non-hydrogen) atoms. The van der Waals surface area contributed by atoms with Crippen molar-refractivity contribution in [2.24, 2.45) is 0 Å². The smallest absolute Gasteiger partial charge is 0.240 e. The Balaban J connectivity index is 1.59. The predicted molar refractivity (Wildman–Crippen MR) is 117 cm³/mol. The normalized spacial score (nSPS) is 11.5.